The van der Waals surface area contributed by atoms with Crippen LogP contribution in [0.15, 0.2) is 71.6 Å². The normalized spacial score (nSPS) is 12.1. The van der Waals surface area contributed by atoms with Gasteiger partial charge in [0, 0.05) is 18.4 Å². The summed E-state index contributed by atoms with van der Waals surface area (Å²) in [5.74, 6) is 0. The van der Waals surface area contributed by atoms with Crippen LogP contribution in [0.5, 0.6) is 0 Å². The first-order chi connectivity index (χ1) is 11.0. The Bertz CT molecular complexity index is 740. The number of hydrogen-bond donors (Lipinski definition) is 0. The van der Waals surface area contributed by atoms with Crippen LogP contribution in [0.1, 0.15) is 11.1 Å². The maximum Gasteiger partial charge on any atom is 0.243 e. The number of nitrogens with zero attached hydrogens (tertiary/aromatic N) is 1. The number of allylic oxidation sites excluding steroid dienone is 1. The number of rotatable bonds is 7. The molecule has 0 aliphatic heterocycles. The molecule has 5 heteroatoms. The van der Waals surface area contributed by atoms with Gasteiger partial charge in [0.15, 0.2) is 0 Å². The van der Waals surface area contributed by atoms with Gasteiger partial charge < -0.3 is 0 Å². The minimum Gasteiger partial charge on any atom is -0.207 e. The molecule has 0 radical (unpaired) electrons. The lowest BCUT2D eigenvalue weighted by Gasteiger charge is -2.21. The van der Waals surface area contributed by atoms with Crippen molar-refractivity contribution in [2.45, 2.75) is 18.4 Å². The molecular formula is C18H20BrNO2S. The van der Waals surface area contributed by atoms with E-state index in [0.717, 1.165) is 11.1 Å². The van der Waals surface area contributed by atoms with Gasteiger partial charge in [0.05, 0.1) is 4.90 Å². The molecule has 2 aromatic rings. The Kier molecular flexibility index (Phi) is 6.57. The maximum absolute atomic E-state index is 12.9. The maximum atomic E-state index is 12.9. The predicted octanol–water partition coefficient (Wildman–Crippen LogP) is 4.14. The van der Waals surface area contributed by atoms with E-state index in [1.807, 2.05) is 61.5 Å². The minimum absolute atomic E-state index is 0.325. The van der Waals surface area contributed by atoms with Crippen LogP contribution >= 0.6 is 15.9 Å². The third-order valence-corrected chi connectivity index (χ3v) is 5.63. The van der Waals surface area contributed by atoms with Gasteiger partial charge in [-0.25, -0.2) is 8.42 Å². The monoisotopic (exact) mass is 393 g/mol. The van der Waals surface area contributed by atoms with Crippen molar-refractivity contribution in [1.29, 1.82) is 0 Å². The van der Waals surface area contributed by atoms with E-state index in [1.165, 1.54) is 4.31 Å². The van der Waals surface area contributed by atoms with Crippen molar-refractivity contribution in [2.75, 3.05) is 11.9 Å². The molecule has 0 heterocycles. The highest BCUT2D eigenvalue weighted by Gasteiger charge is 2.23. The van der Waals surface area contributed by atoms with Crippen LogP contribution in [0.3, 0.4) is 0 Å². The smallest absolute Gasteiger partial charge is 0.207 e. The summed E-state index contributed by atoms with van der Waals surface area (Å²) >= 11 is 3.31. The third-order valence-electron chi connectivity index (χ3n) is 3.43. The fourth-order valence-corrected chi connectivity index (χ4v) is 3.79. The van der Waals surface area contributed by atoms with Gasteiger partial charge in [0.2, 0.25) is 10.0 Å². The second-order valence-corrected chi connectivity index (χ2v) is 7.81. The van der Waals surface area contributed by atoms with Crippen LogP contribution < -0.4 is 0 Å². The standard InChI is InChI=1S/C18H20BrNO2S/c1-16-9-11-18(12-10-16)23(21,22)20(14-6-5-13-19)15-17-7-3-2-4-8-17/h2-12H,13-15H2,1H3/b6-5+. The van der Waals surface area contributed by atoms with Crippen LogP contribution in [0.25, 0.3) is 0 Å². The molecule has 0 saturated carbocycles. The molecule has 0 unspecified atom stereocenters. The Labute approximate surface area is 146 Å². The summed E-state index contributed by atoms with van der Waals surface area (Å²) in [6.45, 7) is 2.64. The number of halogens is 1. The molecule has 23 heavy (non-hydrogen) atoms. The van der Waals surface area contributed by atoms with Crippen LogP contribution in [-0.4, -0.2) is 24.6 Å². The lowest BCUT2D eigenvalue weighted by Crippen LogP contribution is -2.31. The van der Waals surface area contributed by atoms with Crippen LogP contribution in [0.2, 0.25) is 0 Å². The second kappa shape index (κ2) is 8.43. The molecule has 122 valence electrons. The summed E-state index contributed by atoms with van der Waals surface area (Å²) < 4.78 is 27.3. The van der Waals surface area contributed by atoms with E-state index in [2.05, 4.69) is 15.9 Å². The zero-order valence-corrected chi connectivity index (χ0v) is 15.4. The van der Waals surface area contributed by atoms with Crippen LogP contribution in [-0.2, 0) is 16.6 Å². The fraction of sp³-hybridized carbons (Fsp3) is 0.222. The van der Waals surface area contributed by atoms with E-state index in [0.29, 0.717) is 23.3 Å². The Morgan fingerprint density at radius 1 is 1.00 bits per heavy atom. The first-order valence-corrected chi connectivity index (χ1v) is 9.92. The molecule has 2 rings (SSSR count). The lowest BCUT2D eigenvalue weighted by atomic mass is 10.2. The summed E-state index contributed by atoms with van der Waals surface area (Å²) in [6.07, 6.45) is 3.77. The number of alkyl halides is 1. The molecule has 0 bridgehead atoms. The highest BCUT2D eigenvalue weighted by atomic mass is 79.9. The average Bonchev–Trinajstić information content (AvgIpc) is 2.55. The van der Waals surface area contributed by atoms with Crippen molar-refractivity contribution in [2.24, 2.45) is 0 Å². The van der Waals surface area contributed by atoms with Crippen molar-refractivity contribution < 1.29 is 8.42 Å². The first kappa shape index (κ1) is 17.9. The van der Waals surface area contributed by atoms with Crippen molar-refractivity contribution in [3.63, 3.8) is 0 Å². The molecule has 0 aliphatic carbocycles. The Morgan fingerprint density at radius 2 is 1.65 bits per heavy atom. The molecule has 0 aromatic heterocycles. The fourth-order valence-electron chi connectivity index (χ4n) is 2.15. The van der Waals surface area contributed by atoms with E-state index in [9.17, 15) is 8.42 Å². The van der Waals surface area contributed by atoms with Gasteiger partial charge in [-0.2, -0.15) is 4.31 Å². The number of aryl methyl sites for hydroxylation is 1. The summed E-state index contributed by atoms with van der Waals surface area (Å²) in [5.41, 5.74) is 2.01. The summed E-state index contributed by atoms with van der Waals surface area (Å²) in [7, 11) is -3.53. The lowest BCUT2D eigenvalue weighted by molar-refractivity contribution is 0.438. The van der Waals surface area contributed by atoms with Crippen LogP contribution in [0, 0.1) is 6.92 Å². The average molecular weight is 394 g/mol. The molecule has 0 spiro atoms. The van der Waals surface area contributed by atoms with Crippen molar-refractivity contribution in [3.05, 3.63) is 77.9 Å². The minimum atomic E-state index is -3.53. The van der Waals surface area contributed by atoms with E-state index in [1.54, 1.807) is 12.1 Å². The quantitative estimate of drug-likeness (QED) is 0.523. The van der Waals surface area contributed by atoms with Crippen molar-refractivity contribution in [1.82, 2.24) is 4.31 Å². The summed E-state index contributed by atoms with van der Waals surface area (Å²) in [4.78, 5) is 0.325. The Hall–Kier alpha value is -1.43. The van der Waals surface area contributed by atoms with Gasteiger partial charge in [-0.15, -0.1) is 0 Å². The largest absolute Gasteiger partial charge is 0.243 e. The van der Waals surface area contributed by atoms with E-state index in [-0.39, 0.29) is 0 Å². The highest BCUT2D eigenvalue weighted by Crippen LogP contribution is 2.19. The molecule has 0 saturated heterocycles. The highest BCUT2D eigenvalue weighted by molar-refractivity contribution is 9.09. The van der Waals surface area contributed by atoms with Gasteiger partial charge in [0.25, 0.3) is 0 Å². The summed E-state index contributed by atoms with van der Waals surface area (Å²) in [6, 6.07) is 16.6. The second-order valence-electron chi connectivity index (χ2n) is 5.22. The van der Waals surface area contributed by atoms with Gasteiger partial charge in [0.1, 0.15) is 0 Å². The number of benzene rings is 2. The molecule has 2 aromatic carbocycles. The Balaban J connectivity index is 2.31. The molecule has 0 fully saturated rings. The Morgan fingerprint density at radius 3 is 2.26 bits per heavy atom. The van der Waals surface area contributed by atoms with Crippen molar-refractivity contribution >= 4 is 26.0 Å². The van der Waals surface area contributed by atoms with Crippen LogP contribution in [0.4, 0.5) is 0 Å². The van der Waals surface area contributed by atoms with Gasteiger partial charge in [-0.05, 0) is 24.6 Å². The number of sulfonamides is 1. The van der Waals surface area contributed by atoms with Crippen molar-refractivity contribution in [3.8, 4) is 0 Å². The molecule has 0 amide bonds. The number of hydrogen-bond acceptors (Lipinski definition) is 2. The van der Waals surface area contributed by atoms with Gasteiger partial charge in [-0.3, -0.25) is 0 Å². The molecule has 3 nitrogen and oxygen atoms in total. The predicted molar refractivity (Wildman–Crippen MR) is 98.2 cm³/mol. The van der Waals surface area contributed by atoms with E-state index >= 15 is 0 Å². The first-order valence-electron chi connectivity index (χ1n) is 7.36. The zero-order chi connectivity index (χ0) is 16.7. The van der Waals surface area contributed by atoms with E-state index in [4.69, 9.17) is 0 Å². The summed E-state index contributed by atoms with van der Waals surface area (Å²) in [5, 5.41) is 0.705. The molecular weight excluding hydrogens is 374 g/mol. The SMILES string of the molecule is Cc1ccc(S(=O)(=O)N(C/C=C/CBr)Cc2ccccc2)cc1. The third kappa shape index (κ3) is 5.03. The molecule has 0 N–H and O–H groups in total. The molecule has 0 aliphatic rings. The topological polar surface area (TPSA) is 37.4 Å². The van der Waals surface area contributed by atoms with E-state index < -0.39 is 10.0 Å². The zero-order valence-electron chi connectivity index (χ0n) is 13.0. The molecule has 0 atom stereocenters. The van der Waals surface area contributed by atoms with Gasteiger partial charge in [-0.1, -0.05) is 76.1 Å². The van der Waals surface area contributed by atoms with Gasteiger partial charge >= 0.3 is 0 Å².